The van der Waals surface area contributed by atoms with Crippen molar-refractivity contribution in [3.63, 3.8) is 0 Å². The molecular formula is C16H16N2O3S. The van der Waals surface area contributed by atoms with E-state index in [1.54, 1.807) is 28.4 Å². The first kappa shape index (κ1) is 14.7. The molecule has 2 aromatic rings. The molecule has 1 aromatic heterocycles. The molecule has 3 rings (SSSR count). The van der Waals surface area contributed by atoms with Gasteiger partial charge in [0.25, 0.3) is 11.6 Å². The average Bonchev–Trinajstić information content (AvgIpc) is 3.09. The standard InChI is InChI=1S/C16H16N2O3S/c19-16(13-4-1-2-5-14(13)18(20)21)17-9-7-12(8-10-17)15-6-3-11-22-15/h1-6,11-12H,7-10H2. The molecule has 0 N–H and O–H groups in total. The molecule has 2 heterocycles. The molecule has 1 aromatic carbocycles. The van der Waals surface area contributed by atoms with Crippen LogP contribution >= 0.6 is 11.3 Å². The molecule has 0 radical (unpaired) electrons. The number of thiophene rings is 1. The van der Waals surface area contributed by atoms with Gasteiger partial charge in [0, 0.05) is 24.0 Å². The molecule has 5 nitrogen and oxygen atoms in total. The lowest BCUT2D eigenvalue weighted by Crippen LogP contribution is -2.38. The average molecular weight is 316 g/mol. The van der Waals surface area contributed by atoms with E-state index in [2.05, 4.69) is 11.4 Å². The molecule has 0 bridgehead atoms. The molecule has 1 saturated heterocycles. The normalized spacial score (nSPS) is 15.7. The third-order valence-corrected chi connectivity index (χ3v) is 5.09. The number of rotatable bonds is 3. The second-order valence-corrected chi connectivity index (χ2v) is 6.34. The maximum absolute atomic E-state index is 12.5. The summed E-state index contributed by atoms with van der Waals surface area (Å²) in [7, 11) is 0. The Hall–Kier alpha value is -2.21. The maximum Gasteiger partial charge on any atom is 0.282 e. The summed E-state index contributed by atoms with van der Waals surface area (Å²) < 4.78 is 0. The Labute approximate surface area is 132 Å². The molecule has 1 fully saturated rings. The lowest BCUT2D eigenvalue weighted by Gasteiger charge is -2.31. The second-order valence-electron chi connectivity index (χ2n) is 5.36. The van der Waals surface area contributed by atoms with E-state index in [4.69, 9.17) is 0 Å². The Bertz CT molecular complexity index is 676. The minimum Gasteiger partial charge on any atom is -0.338 e. The number of hydrogen-bond acceptors (Lipinski definition) is 4. The Kier molecular flexibility index (Phi) is 4.20. The van der Waals surface area contributed by atoms with Crippen molar-refractivity contribution in [2.45, 2.75) is 18.8 Å². The number of carbonyl (C=O) groups is 1. The minimum absolute atomic E-state index is 0.118. The van der Waals surface area contributed by atoms with Crippen molar-refractivity contribution >= 4 is 22.9 Å². The van der Waals surface area contributed by atoms with Gasteiger partial charge in [0.2, 0.25) is 0 Å². The fourth-order valence-electron chi connectivity index (χ4n) is 2.87. The zero-order valence-corrected chi connectivity index (χ0v) is 12.8. The number of nitro benzene ring substituents is 1. The number of para-hydroxylation sites is 1. The van der Waals surface area contributed by atoms with E-state index < -0.39 is 4.92 Å². The highest BCUT2D eigenvalue weighted by atomic mass is 32.1. The highest BCUT2D eigenvalue weighted by Gasteiger charge is 2.28. The number of carbonyl (C=O) groups excluding carboxylic acids is 1. The summed E-state index contributed by atoms with van der Waals surface area (Å²) in [4.78, 5) is 26.2. The summed E-state index contributed by atoms with van der Waals surface area (Å²) in [5.41, 5.74) is 0.0648. The Morgan fingerprint density at radius 2 is 1.91 bits per heavy atom. The Morgan fingerprint density at radius 3 is 2.55 bits per heavy atom. The zero-order chi connectivity index (χ0) is 15.5. The van der Waals surface area contributed by atoms with Crippen LogP contribution in [0, 0.1) is 10.1 Å². The molecule has 114 valence electrons. The predicted molar refractivity (Wildman–Crippen MR) is 85.3 cm³/mol. The molecule has 0 spiro atoms. The van der Waals surface area contributed by atoms with Crippen LogP contribution in [0.25, 0.3) is 0 Å². The Morgan fingerprint density at radius 1 is 1.18 bits per heavy atom. The van der Waals surface area contributed by atoms with Crippen LogP contribution in [0.5, 0.6) is 0 Å². The fourth-order valence-corrected chi connectivity index (χ4v) is 3.77. The summed E-state index contributed by atoms with van der Waals surface area (Å²) in [6.45, 7) is 1.29. The molecule has 1 aliphatic heterocycles. The summed E-state index contributed by atoms with van der Waals surface area (Å²) in [6.07, 6.45) is 1.82. The van der Waals surface area contributed by atoms with Crippen LogP contribution in [0.2, 0.25) is 0 Å². The van der Waals surface area contributed by atoms with Gasteiger partial charge in [-0.2, -0.15) is 0 Å². The van der Waals surface area contributed by atoms with Crippen LogP contribution in [0.15, 0.2) is 41.8 Å². The molecule has 0 atom stereocenters. The smallest absolute Gasteiger partial charge is 0.282 e. The third kappa shape index (κ3) is 2.87. The van der Waals surface area contributed by atoms with E-state index in [0.717, 1.165) is 12.8 Å². The molecule has 22 heavy (non-hydrogen) atoms. The first-order chi connectivity index (χ1) is 10.7. The maximum atomic E-state index is 12.5. The van der Waals surface area contributed by atoms with Crippen molar-refractivity contribution in [3.05, 3.63) is 62.3 Å². The van der Waals surface area contributed by atoms with Crippen molar-refractivity contribution in [1.29, 1.82) is 0 Å². The molecular weight excluding hydrogens is 300 g/mol. The van der Waals surface area contributed by atoms with Gasteiger partial charge in [-0.3, -0.25) is 14.9 Å². The van der Waals surface area contributed by atoms with Crippen molar-refractivity contribution in [1.82, 2.24) is 4.90 Å². The van der Waals surface area contributed by atoms with E-state index in [1.165, 1.54) is 17.0 Å². The lowest BCUT2D eigenvalue weighted by molar-refractivity contribution is -0.385. The van der Waals surface area contributed by atoms with Crippen LogP contribution in [0.1, 0.15) is 34.0 Å². The second kappa shape index (κ2) is 6.27. The van der Waals surface area contributed by atoms with Gasteiger partial charge in [0.15, 0.2) is 0 Å². The van der Waals surface area contributed by atoms with Crippen molar-refractivity contribution < 1.29 is 9.72 Å². The van der Waals surface area contributed by atoms with E-state index >= 15 is 0 Å². The van der Waals surface area contributed by atoms with Gasteiger partial charge in [0.05, 0.1) is 4.92 Å². The molecule has 0 unspecified atom stereocenters. The van der Waals surface area contributed by atoms with Crippen LogP contribution in [-0.4, -0.2) is 28.8 Å². The van der Waals surface area contributed by atoms with Gasteiger partial charge >= 0.3 is 0 Å². The van der Waals surface area contributed by atoms with Gasteiger partial charge in [0.1, 0.15) is 5.56 Å². The lowest BCUT2D eigenvalue weighted by atomic mass is 9.95. The van der Waals surface area contributed by atoms with Crippen molar-refractivity contribution in [2.24, 2.45) is 0 Å². The molecule has 1 amide bonds. The zero-order valence-electron chi connectivity index (χ0n) is 12.0. The van der Waals surface area contributed by atoms with E-state index in [9.17, 15) is 14.9 Å². The first-order valence-electron chi connectivity index (χ1n) is 7.23. The van der Waals surface area contributed by atoms with Gasteiger partial charge in [-0.25, -0.2) is 0 Å². The van der Waals surface area contributed by atoms with Crippen LogP contribution in [0.4, 0.5) is 5.69 Å². The van der Waals surface area contributed by atoms with Gasteiger partial charge in [-0.1, -0.05) is 18.2 Å². The summed E-state index contributed by atoms with van der Waals surface area (Å²) in [5.74, 6) is 0.256. The topological polar surface area (TPSA) is 63.4 Å². The minimum atomic E-state index is -0.494. The first-order valence-corrected chi connectivity index (χ1v) is 8.11. The number of hydrogen-bond donors (Lipinski definition) is 0. The SMILES string of the molecule is O=C(c1ccccc1[N+](=O)[O-])N1CCC(c2cccs2)CC1. The van der Waals surface area contributed by atoms with E-state index in [-0.39, 0.29) is 17.2 Å². The fraction of sp³-hybridized carbons (Fsp3) is 0.312. The van der Waals surface area contributed by atoms with Crippen molar-refractivity contribution in [2.75, 3.05) is 13.1 Å². The number of nitrogens with zero attached hydrogens (tertiary/aromatic N) is 2. The Balaban J connectivity index is 1.71. The quantitative estimate of drug-likeness (QED) is 0.641. The molecule has 0 saturated carbocycles. The van der Waals surface area contributed by atoms with Crippen LogP contribution in [0.3, 0.4) is 0 Å². The number of nitro groups is 1. The molecule has 1 aliphatic rings. The van der Waals surface area contributed by atoms with Gasteiger partial charge in [-0.15, -0.1) is 11.3 Å². The van der Waals surface area contributed by atoms with Crippen LogP contribution < -0.4 is 0 Å². The van der Waals surface area contributed by atoms with Gasteiger partial charge in [-0.05, 0) is 36.3 Å². The predicted octanol–water partition coefficient (Wildman–Crippen LogP) is 3.68. The highest BCUT2D eigenvalue weighted by Crippen LogP contribution is 2.32. The third-order valence-electron chi connectivity index (χ3n) is 4.06. The van der Waals surface area contributed by atoms with E-state index in [1.807, 2.05) is 6.07 Å². The number of amides is 1. The number of likely N-dealkylation sites (tertiary alicyclic amines) is 1. The largest absolute Gasteiger partial charge is 0.338 e. The summed E-state index contributed by atoms with van der Waals surface area (Å²) in [6, 6.07) is 10.3. The molecule has 0 aliphatic carbocycles. The van der Waals surface area contributed by atoms with Gasteiger partial charge < -0.3 is 4.90 Å². The molecule has 6 heteroatoms. The number of piperidine rings is 1. The van der Waals surface area contributed by atoms with Crippen LogP contribution in [-0.2, 0) is 0 Å². The summed E-state index contributed by atoms with van der Waals surface area (Å²) in [5, 5.41) is 13.1. The summed E-state index contributed by atoms with van der Waals surface area (Å²) >= 11 is 1.75. The van der Waals surface area contributed by atoms with E-state index in [0.29, 0.717) is 19.0 Å². The van der Waals surface area contributed by atoms with Crippen molar-refractivity contribution in [3.8, 4) is 0 Å². The monoisotopic (exact) mass is 316 g/mol. The number of benzene rings is 1. The highest BCUT2D eigenvalue weighted by molar-refractivity contribution is 7.10.